The SMILES string of the molecule is CNCc1ccc2c(c1)[C@@H]1C[C@H](NC(=O)c3cc(C4CC4)on3)CCN1C2=O. The van der Waals surface area contributed by atoms with Crippen LogP contribution < -0.4 is 10.6 Å². The van der Waals surface area contributed by atoms with Gasteiger partial charge in [-0.15, -0.1) is 0 Å². The third-order valence-electron chi connectivity index (χ3n) is 6.03. The fraction of sp³-hybridized carbons (Fsp3) is 0.476. The maximum Gasteiger partial charge on any atom is 0.273 e. The van der Waals surface area contributed by atoms with E-state index in [9.17, 15) is 9.59 Å². The number of hydrogen-bond donors (Lipinski definition) is 2. The second-order valence-corrected chi connectivity index (χ2v) is 8.05. The molecule has 2 fully saturated rings. The Balaban J connectivity index is 1.31. The van der Waals surface area contributed by atoms with Gasteiger partial charge in [0.1, 0.15) is 5.76 Å². The highest BCUT2D eigenvalue weighted by molar-refractivity contribution is 5.99. The predicted molar refractivity (Wildman–Crippen MR) is 102 cm³/mol. The highest BCUT2D eigenvalue weighted by Crippen LogP contribution is 2.41. The lowest BCUT2D eigenvalue weighted by atomic mass is 9.92. The van der Waals surface area contributed by atoms with Crippen LogP contribution in [0, 0.1) is 0 Å². The van der Waals surface area contributed by atoms with Gasteiger partial charge in [-0.25, -0.2) is 0 Å². The molecule has 0 unspecified atom stereocenters. The van der Waals surface area contributed by atoms with Gasteiger partial charge < -0.3 is 20.1 Å². The molecule has 3 aliphatic rings. The summed E-state index contributed by atoms with van der Waals surface area (Å²) in [6.45, 7) is 1.42. The van der Waals surface area contributed by atoms with Gasteiger partial charge in [0.15, 0.2) is 5.69 Å². The summed E-state index contributed by atoms with van der Waals surface area (Å²) >= 11 is 0. The molecule has 1 aromatic carbocycles. The topological polar surface area (TPSA) is 87.5 Å². The molecule has 1 aliphatic carbocycles. The molecule has 0 spiro atoms. The highest BCUT2D eigenvalue weighted by atomic mass is 16.5. The number of piperidine rings is 1. The largest absolute Gasteiger partial charge is 0.360 e. The van der Waals surface area contributed by atoms with Crippen LogP contribution >= 0.6 is 0 Å². The van der Waals surface area contributed by atoms with Crippen molar-refractivity contribution < 1.29 is 14.1 Å². The van der Waals surface area contributed by atoms with Gasteiger partial charge in [-0.3, -0.25) is 9.59 Å². The van der Waals surface area contributed by atoms with E-state index in [1.807, 2.05) is 24.1 Å². The van der Waals surface area contributed by atoms with Gasteiger partial charge in [0.2, 0.25) is 0 Å². The summed E-state index contributed by atoms with van der Waals surface area (Å²) in [5, 5.41) is 10.2. The van der Waals surface area contributed by atoms with Crippen molar-refractivity contribution in [2.45, 2.75) is 50.2 Å². The van der Waals surface area contributed by atoms with Gasteiger partial charge in [0, 0.05) is 36.7 Å². The van der Waals surface area contributed by atoms with E-state index in [1.54, 1.807) is 6.07 Å². The van der Waals surface area contributed by atoms with Gasteiger partial charge in [0.05, 0.1) is 6.04 Å². The van der Waals surface area contributed by atoms with Crippen LogP contribution in [0.25, 0.3) is 0 Å². The van der Waals surface area contributed by atoms with E-state index < -0.39 is 0 Å². The van der Waals surface area contributed by atoms with Crippen LogP contribution in [0.15, 0.2) is 28.8 Å². The van der Waals surface area contributed by atoms with Gasteiger partial charge in [0.25, 0.3) is 11.8 Å². The Morgan fingerprint density at radius 1 is 1.29 bits per heavy atom. The molecular formula is C21H24N4O3. The van der Waals surface area contributed by atoms with E-state index in [0.29, 0.717) is 18.2 Å². The molecule has 0 bridgehead atoms. The molecule has 3 heterocycles. The van der Waals surface area contributed by atoms with E-state index in [-0.39, 0.29) is 23.9 Å². The van der Waals surface area contributed by atoms with Crippen molar-refractivity contribution in [3.63, 3.8) is 0 Å². The Bertz CT molecular complexity index is 933. The van der Waals surface area contributed by atoms with Crippen molar-refractivity contribution in [2.24, 2.45) is 0 Å². The van der Waals surface area contributed by atoms with Crippen LogP contribution in [-0.2, 0) is 6.54 Å². The van der Waals surface area contributed by atoms with Crippen molar-refractivity contribution in [3.05, 3.63) is 52.4 Å². The summed E-state index contributed by atoms with van der Waals surface area (Å²) in [4.78, 5) is 27.3. The third kappa shape index (κ3) is 2.99. The molecule has 7 nitrogen and oxygen atoms in total. The van der Waals surface area contributed by atoms with Crippen LogP contribution in [0.2, 0.25) is 0 Å². The molecule has 2 amide bonds. The number of rotatable bonds is 5. The quantitative estimate of drug-likeness (QED) is 0.831. The molecule has 146 valence electrons. The van der Waals surface area contributed by atoms with Crippen LogP contribution in [-0.4, -0.2) is 41.5 Å². The molecule has 2 N–H and O–H groups in total. The summed E-state index contributed by atoms with van der Waals surface area (Å²) in [6, 6.07) is 7.87. The van der Waals surface area contributed by atoms with E-state index in [2.05, 4.69) is 21.9 Å². The zero-order valence-corrected chi connectivity index (χ0v) is 15.9. The Kier molecular flexibility index (Phi) is 4.19. The van der Waals surface area contributed by atoms with Gasteiger partial charge in [-0.2, -0.15) is 0 Å². The monoisotopic (exact) mass is 380 g/mol. The minimum Gasteiger partial charge on any atom is -0.360 e. The summed E-state index contributed by atoms with van der Waals surface area (Å²) in [6.07, 6.45) is 3.69. The van der Waals surface area contributed by atoms with E-state index in [1.165, 1.54) is 0 Å². The van der Waals surface area contributed by atoms with Crippen LogP contribution in [0.1, 0.15) is 75.4 Å². The standard InChI is InChI=1S/C21H24N4O3/c1-22-11-12-2-5-15-16(8-12)18-9-14(6-7-25(18)21(15)27)23-20(26)17-10-19(28-24-17)13-3-4-13/h2,5,8,10,13-14,18,22H,3-4,6-7,9,11H2,1H3,(H,23,26)/t14-,18+/m1/s1. The minimum atomic E-state index is -0.192. The second kappa shape index (κ2) is 6.74. The number of carbonyl (C=O) groups excluding carboxylic acids is 2. The lowest BCUT2D eigenvalue weighted by Crippen LogP contribution is -2.45. The zero-order chi connectivity index (χ0) is 19.3. The lowest BCUT2D eigenvalue weighted by Gasteiger charge is -2.35. The Labute approximate surface area is 163 Å². The molecule has 2 aliphatic heterocycles. The van der Waals surface area contributed by atoms with Crippen molar-refractivity contribution in [3.8, 4) is 0 Å². The number of carbonyl (C=O) groups is 2. The molecule has 2 atom stereocenters. The molecule has 5 rings (SSSR count). The highest BCUT2D eigenvalue weighted by Gasteiger charge is 2.41. The Morgan fingerprint density at radius 3 is 2.93 bits per heavy atom. The van der Waals surface area contributed by atoms with E-state index >= 15 is 0 Å². The van der Waals surface area contributed by atoms with Gasteiger partial charge >= 0.3 is 0 Å². The lowest BCUT2D eigenvalue weighted by molar-refractivity contribution is 0.0630. The van der Waals surface area contributed by atoms with Crippen molar-refractivity contribution in [2.75, 3.05) is 13.6 Å². The van der Waals surface area contributed by atoms with E-state index in [4.69, 9.17) is 4.52 Å². The van der Waals surface area contributed by atoms with Gasteiger partial charge in [-0.05, 0) is 49.9 Å². The smallest absolute Gasteiger partial charge is 0.273 e. The summed E-state index contributed by atoms with van der Waals surface area (Å²) < 4.78 is 5.30. The van der Waals surface area contributed by atoms with Crippen LogP contribution in [0.3, 0.4) is 0 Å². The normalized spacial score (nSPS) is 23.5. The van der Waals surface area contributed by atoms with E-state index in [0.717, 1.165) is 54.7 Å². The maximum atomic E-state index is 12.7. The van der Waals surface area contributed by atoms with Crippen molar-refractivity contribution >= 4 is 11.8 Å². The average molecular weight is 380 g/mol. The van der Waals surface area contributed by atoms with Crippen LogP contribution in [0.4, 0.5) is 0 Å². The Hall–Kier alpha value is -2.67. The molecule has 1 aromatic heterocycles. The first-order valence-electron chi connectivity index (χ1n) is 10.00. The van der Waals surface area contributed by atoms with Crippen LogP contribution in [0.5, 0.6) is 0 Å². The fourth-order valence-corrected chi connectivity index (χ4v) is 4.40. The molecule has 0 radical (unpaired) electrons. The third-order valence-corrected chi connectivity index (χ3v) is 6.03. The van der Waals surface area contributed by atoms with Gasteiger partial charge in [-0.1, -0.05) is 17.3 Å². The summed E-state index contributed by atoms with van der Waals surface area (Å²) in [5.41, 5.74) is 3.39. The number of amides is 2. The predicted octanol–water partition coefficient (Wildman–Crippen LogP) is 2.36. The second-order valence-electron chi connectivity index (χ2n) is 8.05. The van der Waals surface area contributed by atoms with Crippen molar-refractivity contribution in [1.82, 2.24) is 20.7 Å². The molecule has 7 heteroatoms. The molecule has 1 saturated heterocycles. The minimum absolute atomic E-state index is 0.0153. The summed E-state index contributed by atoms with van der Waals surface area (Å²) in [5.74, 6) is 1.16. The maximum absolute atomic E-state index is 12.7. The molecule has 1 saturated carbocycles. The fourth-order valence-electron chi connectivity index (χ4n) is 4.40. The van der Waals surface area contributed by atoms with Crippen molar-refractivity contribution in [1.29, 1.82) is 0 Å². The number of hydrogen-bond acceptors (Lipinski definition) is 5. The first-order chi connectivity index (χ1) is 13.6. The average Bonchev–Trinajstić information content (AvgIpc) is 3.37. The molecule has 2 aromatic rings. The number of aromatic nitrogens is 1. The molecular weight excluding hydrogens is 356 g/mol. The summed E-state index contributed by atoms with van der Waals surface area (Å²) in [7, 11) is 1.91. The number of fused-ring (bicyclic) bond motifs is 3. The number of benzene rings is 1. The number of nitrogens with one attached hydrogen (secondary N) is 2. The zero-order valence-electron chi connectivity index (χ0n) is 15.9. The molecule has 28 heavy (non-hydrogen) atoms. The first-order valence-corrected chi connectivity index (χ1v) is 10.00. The first kappa shape index (κ1) is 17.4. The number of nitrogens with zero attached hydrogens (tertiary/aromatic N) is 2. The Morgan fingerprint density at radius 2 is 2.14 bits per heavy atom.